The van der Waals surface area contributed by atoms with Gasteiger partial charge in [0.1, 0.15) is 30.2 Å². The van der Waals surface area contributed by atoms with Gasteiger partial charge in [-0.15, -0.1) is 0 Å². The highest BCUT2D eigenvalue weighted by molar-refractivity contribution is 5.81. The summed E-state index contributed by atoms with van der Waals surface area (Å²) < 4.78 is 7.08. The van der Waals surface area contributed by atoms with Crippen molar-refractivity contribution in [2.45, 2.75) is 44.0 Å². The molecule has 9 heteroatoms. The minimum atomic E-state index is -1.20. The Morgan fingerprint density at radius 2 is 2.10 bits per heavy atom. The number of imidazole rings is 1. The molecule has 0 unspecified atom stereocenters. The van der Waals surface area contributed by atoms with E-state index in [9.17, 15) is 15.3 Å². The predicted octanol–water partition coefficient (Wildman–Crippen LogP) is -1.20. The molecule has 2 aromatic heterocycles. The van der Waals surface area contributed by atoms with Gasteiger partial charge in [0, 0.05) is 0 Å². The maximum atomic E-state index is 10.2. The van der Waals surface area contributed by atoms with Crippen LogP contribution in [0, 0.1) is 0 Å². The molecule has 5 atom stereocenters. The lowest BCUT2D eigenvalue weighted by Gasteiger charge is -2.19. The van der Waals surface area contributed by atoms with Gasteiger partial charge in [-0.25, -0.2) is 15.0 Å². The molecule has 3 rings (SSSR count). The number of aliphatic hydroxyl groups excluding tert-OH is 3. The third kappa shape index (κ3) is 2.14. The number of aromatic nitrogens is 4. The molecule has 21 heavy (non-hydrogen) atoms. The standard InChI is InChI=1S/C12H17N5O4/c1-2-5(18)9-7(19)8(20)12(21-9)17-4-16-6-10(13)14-3-15-11(6)17/h3-5,7-9,12,18-20H,2H2,1H3,(H2,13,14,15)/t5-,7+,8-,9-,12-/m1/s1. The van der Waals surface area contributed by atoms with E-state index in [0.717, 1.165) is 0 Å². The van der Waals surface area contributed by atoms with Gasteiger partial charge in [-0.1, -0.05) is 6.92 Å². The van der Waals surface area contributed by atoms with Crippen molar-refractivity contribution in [1.82, 2.24) is 19.5 Å². The van der Waals surface area contributed by atoms with Crippen molar-refractivity contribution in [2.75, 3.05) is 5.73 Å². The first-order valence-electron chi connectivity index (χ1n) is 6.67. The second-order valence-electron chi connectivity index (χ2n) is 5.03. The number of nitrogen functional groups attached to an aromatic ring is 1. The molecule has 0 spiro atoms. The number of hydrogen-bond donors (Lipinski definition) is 4. The molecule has 0 amide bonds. The van der Waals surface area contributed by atoms with Crippen LogP contribution in [-0.4, -0.2) is 59.3 Å². The van der Waals surface area contributed by atoms with Crippen molar-refractivity contribution in [3.05, 3.63) is 12.7 Å². The summed E-state index contributed by atoms with van der Waals surface area (Å²) in [6.07, 6.45) is -1.93. The summed E-state index contributed by atoms with van der Waals surface area (Å²) in [6, 6.07) is 0. The minimum Gasteiger partial charge on any atom is -0.390 e. The number of nitrogens with two attached hydrogens (primary N) is 1. The van der Waals surface area contributed by atoms with Crippen LogP contribution in [0.4, 0.5) is 5.82 Å². The molecule has 0 aromatic carbocycles. The van der Waals surface area contributed by atoms with E-state index >= 15 is 0 Å². The average molecular weight is 295 g/mol. The molecule has 1 aliphatic rings. The Labute approximate surface area is 120 Å². The Balaban J connectivity index is 1.98. The highest BCUT2D eigenvalue weighted by Gasteiger charge is 2.46. The Hall–Kier alpha value is -1.81. The van der Waals surface area contributed by atoms with Gasteiger partial charge < -0.3 is 25.8 Å². The van der Waals surface area contributed by atoms with E-state index in [-0.39, 0.29) is 5.82 Å². The molecule has 0 radical (unpaired) electrons. The molecule has 3 heterocycles. The molecule has 1 aliphatic heterocycles. The SMILES string of the molecule is CC[C@@H](O)[C@H]1O[C@@H](n2cnc3c(N)ncnc32)[C@H](O)[C@@H]1O. The molecule has 0 saturated carbocycles. The number of anilines is 1. The van der Waals surface area contributed by atoms with E-state index in [2.05, 4.69) is 15.0 Å². The Kier molecular flexibility index (Phi) is 3.49. The highest BCUT2D eigenvalue weighted by Crippen LogP contribution is 2.33. The first kappa shape index (κ1) is 14.1. The first-order chi connectivity index (χ1) is 10.0. The zero-order valence-electron chi connectivity index (χ0n) is 11.4. The highest BCUT2D eigenvalue weighted by atomic mass is 16.6. The summed E-state index contributed by atoms with van der Waals surface area (Å²) in [6.45, 7) is 1.76. The lowest BCUT2D eigenvalue weighted by Crippen LogP contribution is -2.38. The summed E-state index contributed by atoms with van der Waals surface area (Å²) in [5.74, 6) is 0.219. The minimum absolute atomic E-state index is 0.219. The van der Waals surface area contributed by atoms with Crippen LogP contribution in [0.5, 0.6) is 0 Å². The number of rotatable bonds is 3. The van der Waals surface area contributed by atoms with E-state index in [0.29, 0.717) is 17.6 Å². The fourth-order valence-corrected chi connectivity index (χ4v) is 2.52. The fraction of sp³-hybridized carbons (Fsp3) is 0.583. The molecule has 1 saturated heterocycles. The zero-order valence-corrected chi connectivity index (χ0v) is 11.4. The Morgan fingerprint density at radius 1 is 1.33 bits per heavy atom. The van der Waals surface area contributed by atoms with Gasteiger partial charge in [0.15, 0.2) is 17.7 Å². The number of hydrogen-bond acceptors (Lipinski definition) is 8. The van der Waals surface area contributed by atoms with Gasteiger partial charge in [0.05, 0.1) is 12.4 Å². The van der Waals surface area contributed by atoms with Crippen molar-refractivity contribution in [1.29, 1.82) is 0 Å². The first-order valence-corrected chi connectivity index (χ1v) is 6.67. The third-order valence-corrected chi connectivity index (χ3v) is 3.73. The molecule has 2 aromatic rings. The third-order valence-electron chi connectivity index (χ3n) is 3.73. The Bertz CT molecular complexity index is 648. The molecule has 114 valence electrons. The lowest BCUT2D eigenvalue weighted by molar-refractivity contribution is -0.0840. The average Bonchev–Trinajstić information content (AvgIpc) is 3.02. The van der Waals surface area contributed by atoms with Gasteiger partial charge in [-0.3, -0.25) is 4.57 Å². The molecule has 1 fully saturated rings. The van der Waals surface area contributed by atoms with E-state index in [1.807, 2.05) is 0 Å². The van der Waals surface area contributed by atoms with Crippen LogP contribution >= 0.6 is 0 Å². The summed E-state index contributed by atoms with van der Waals surface area (Å²) in [5, 5.41) is 30.0. The van der Waals surface area contributed by atoms with E-state index < -0.39 is 30.6 Å². The lowest BCUT2D eigenvalue weighted by atomic mass is 10.0. The molecule has 5 N–H and O–H groups in total. The van der Waals surface area contributed by atoms with E-state index in [1.165, 1.54) is 17.2 Å². The van der Waals surface area contributed by atoms with Crippen LogP contribution in [0.25, 0.3) is 11.2 Å². The van der Waals surface area contributed by atoms with Gasteiger partial charge in [0.2, 0.25) is 0 Å². The van der Waals surface area contributed by atoms with Crippen molar-refractivity contribution in [3.8, 4) is 0 Å². The van der Waals surface area contributed by atoms with Crippen LogP contribution in [0.3, 0.4) is 0 Å². The maximum absolute atomic E-state index is 10.2. The molecule has 0 aliphatic carbocycles. The summed E-state index contributed by atoms with van der Waals surface area (Å²) >= 11 is 0. The number of nitrogens with zero attached hydrogens (tertiary/aromatic N) is 4. The molecule has 0 bridgehead atoms. The van der Waals surface area contributed by atoms with E-state index in [1.54, 1.807) is 6.92 Å². The monoisotopic (exact) mass is 295 g/mol. The van der Waals surface area contributed by atoms with Crippen LogP contribution in [-0.2, 0) is 4.74 Å². The quantitative estimate of drug-likeness (QED) is 0.553. The van der Waals surface area contributed by atoms with Gasteiger partial charge >= 0.3 is 0 Å². The molecule has 9 nitrogen and oxygen atoms in total. The number of ether oxygens (including phenoxy) is 1. The molecular formula is C12H17N5O4. The number of aliphatic hydroxyl groups is 3. The van der Waals surface area contributed by atoms with Crippen LogP contribution in [0.1, 0.15) is 19.6 Å². The smallest absolute Gasteiger partial charge is 0.167 e. The van der Waals surface area contributed by atoms with Crippen LogP contribution < -0.4 is 5.73 Å². The van der Waals surface area contributed by atoms with Crippen molar-refractivity contribution in [2.24, 2.45) is 0 Å². The van der Waals surface area contributed by atoms with Crippen molar-refractivity contribution in [3.63, 3.8) is 0 Å². The second kappa shape index (κ2) is 5.19. The largest absolute Gasteiger partial charge is 0.390 e. The van der Waals surface area contributed by atoms with Crippen molar-refractivity contribution >= 4 is 17.0 Å². The van der Waals surface area contributed by atoms with Gasteiger partial charge in [-0.05, 0) is 6.42 Å². The summed E-state index contributed by atoms with van der Waals surface area (Å²) in [5.41, 5.74) is 6.49. The molecular weight excluding hydrogens is 278 g/mol. The van der Waals surface area contributed by atoms with Gasteiger partial charge in [-0.2, -0.15) is 0 Å². The van der Waals surface area contributed by atoms with Crippen LogP contribution in [0.2, 0.25) is 0 Å². The predicted molar refractivity (Wildman–Crippen MR) is 72.0 cm³/mol. The van der Waals surface area contributed by atoms with Crippen LogP contribution in [0.15, 0.2) is 12.7 Å². The zero-order chi connectivity index (χ0) is 15.1. The summed E-state index contributed by atoms with van der Waals surface area (Å²) in [7, 11) is 0. The second-order valence-corrected chi connectivity index (χ2v) is 5.03. The number of fused-ring (bicyclic) bond motifs is 1. The summed E-state index contributed by atoms with van der Waals surface area (Å²) in [4.78, 5) is 12.0. The van der Waals surface area contributed by atoms with Gasteiger partial charge in [0.25, 0.3) is 0 Å². The fourth-order valence-electron chi connectivity index (χ4n) is 2.52. The normalized spacial score (nSPS) is 30.9. The van der Waals surface area contributed by atoms with E-state index in [4.69, 9.17) is 10.5 Å². The Morgan fingerprint density at radius 3 is 2.81 bits per heavy atom. The topological polar surface area (TPSA) is 140 Å². The van der Waals surface area contributed by atoms with Crippen molar-refractivity contribution < 1.29 is 20.1 Å². The maximum Gasteiger partial charge on any atom is 0.167 e.